The van der Waals surface area contributed by atoms with Crippen LogP contribution in [0.5, 0.6) is 5.75 Å². The SMILES string of the molecule is [C-]#[N+]C1CC2CC1CN2CCOc1ccc(Cc2ccccc2)cc1. The quantitative estimate of drug-likeness (QED) is 0.743. The Morgan fingerprint density at radius 3 is 2.44 bits per heavy atom. The Bertz CT molecular complexity index is 735. The maximum atomic E-state index is 7.24. The van der Waals surface area contributed by atoms with Crippen LogP contribution in [0.2, 0.25) is 0 Å². The molecule has 0 spiro atoms. The fourth-order valence-corrected chi connectivity index (χ4v) is 4.27. The highest BCUT2D eigenvalue weighted by atomic mass is 16.5. The van der Waals surface area contributed by atoms with E-state index >= 15 is 0 Å². The maximum Gasteiger partial charge on any atom is 0.229 e. The first-order valence-corrected chi connectivity index (χ1v) is 9.18. The van der Waals surface area contributed by atoms with Gasteiger partial charge < -0.3 is 9.58 Å². The molecule has 0 amide bonds. The first-order valence-electron chi connectivity index (χ1n) is 9.18. The molecule has 2 aromatic carbocycles. The fraction of sp³-hybridized carbons (Fsp3) is 0.409. The maximum absolute atomic E-state index is 7.24. The lowest BCUT2D eigenvalue weighted by Crippen LogP contribution is -2.38. The molecule has 0 aromatic heterocycles. The van der Waals surface area contributed by atoms with Gasteiger partial charge in [0, 0.05) is 31.5 Å². The molecule has 1 aliphatic heterocycles. The lowest BCUT2D eigenvalue weighted by molar-refractivity contribution is 0.169. The summed E-state index contributed by atoms with van der Waals surface area (Å²) in [5.74, 6) is 1.54. The molecule has 2 aromatic rings. The minimum Gasteiger partial charge on any atom is -0.492 e. The van der Waals surface area contributed by atoms with Gasteiger partial charge in [0.15, 0.2) is 0 Å². The minimum absolute atomic E-state index is 0.277. The highest BCUT2D eigenvalue weighted by Crippen LogP contribution is 2.39. The van der Waals surface area contributed by atoms with Gasteiger partial charge in [-0.3, -0.25) is 4.90 Å². The van der Waals surface area contributed by atoms with E-state index in [1.54, 1.807) is 0 Å². The van der Waals surface area contributed by atoms with Gasteiger partial charge in [-0.05, 0) is 36.1 Å². The third-order valence-corrected chi connectivity index (χ3v) is 5.61. The van der Waals surface area contributed by atoms with Crippen molar-refractivity contribution in [3.63, 3.8) is 0 Å². The van der Waals surface area contributed by atoms with Gasteiger partial charge in [0.05, 0.1) is 0 Å². The zero-order chi connectivity index (χ0) is 17.1. The Kier molecular flexibility index (Phi) is 4.72. The monoisotopic (exact) mass is 332 g/mol. The van der Waals surface area contributed by atoms with E-state index in [2.05, 4.69) is 64.3 Å². The number of fused-ring (bicyclic) bond motifs is 2. The lowest BCUT2D eigenvalue weighted by Gasteiger charge is -2.26. The molecule has 0 N–H and O–H groups in total. The second kappa shape index (κ2) is 7.29. The van der Waals surface area contributed by atoms with Gasteiger partial charge in [-0.15, -0.1) is 0 Å². The van der Waals surface area contributed by atoms with E-state index in [0.717, 1.165) is 38.3 Å². The molecular weight excluding hydrogens is 308 g/mol. The van der Waals surface area contributed by atoms with Gasteiger partial charge in [0.1, 0.15) is 12.4 Å². The predicted octanol–water partition coefficient (Wildman–Crippen LogP) is 4.04. The Labute approximate surface area is 150 Å². The summed E-state index contributed by atoms with van der Waals surface area (Å²) < 4.78 is 5.93. The van der Waals surface area contributed by atoms with Crippen LogP contribution >= 0.6 is 0 Å². The van der Waals surface area contributed by atoms with Gasteiger partial charge in [0.25, 0.3) is 0 Å². The summed E-state index contributed by atoms with van der Waals surface area (Å²) in [6.07, 6.45) is 3.23. The summed E-state index contributed by atoms with van der Waals surface area (Å²) in [6.45, 7) is 10.0. The Morgan fingerprint density at radius 1 is 1.00 bits per heavy atom. The molecule has 3 atom stereocenters. The molecule has 1 aliphatic carbocycles. The number of piperidine rings is 1. The van der Waals surface area contributed by atoms with Crippen LogP contribution in [0.25, 0.3) is 4.85 Å². The van der Waals surface area contributed by atoms with Gasteiger partial charge in [-0.2, -0.15) is 0 Å². The standard InChI is InChI=1S/C22H24N2O/c1-23-22-15-20-14-19(22)16-24(20)11-12-25-21-9-7-18(8-10-21)13-17-5-3-2-4-6-17/h2-10,19-20,22H,11-16H2. The molecule has 3 unspecified atom stereocenters. The lowest BCUT2D eigenvalue weighted by atomic mass is 10.0. The summed E-state index contributed by atoms with van der Waals surface area (Å²) in [5.41, 5.74) is 2.64. The van der Waals surface area contributed by atoms with Crippen molar-refractivity contribution in [1.82, 2.24) is 4.90 Å². The second-order valence-electron chi connectivity index (χ2n) is 7.23. The number of hydrogen-bond donors (Lipinski definition) is 0. The zero-order valence-corrected chi connectivity index (χ0v) is 14.5. The van der Waals surface area contributed by atoms with Crippen molar-refractivity contribution in [3.05, 3.63) is 77.1 Å². The number of likely N-dealkylation sites (tertiary alicyclic amines) is 1. The van der Waals surface area contributed by atoms with E-state index in [4.69, 9.17) is 11.3 Å². The summed E-state index contributed by atoms with van der Waals surface area (Å²) >= 11 is 0. The number of hydrogen-bond acceptors (Lipinski definition) is 2. The molecule has 3 heteroatoms. The van der Waals surface area contributed by atoms with Gasteiger partial charge in [-0.1, -0.05) is 42.5 Å². The Balaban J connectivity index is 1.24. The molecule has 0 radical (unpaired) electrons. The van der Waals surface area contributed by atoms with Crippen molar-refractivity contribution in [1.29, 1.82) is 0 Å². The summed E-state index contributed by atoms with van der Waals surface area (Å²) in [5, 5.41) is 0. The second-order valence-corrected chi connectivity index (χ2v) is 7.23. The minimum atomic E-state index is 0.277. The summed E-state index contributed by atoms with van der Waals surface area (Å²) in [4.78, 5) is 6.27. The normalized spacial score (nSPS) is 25.0. The van der Waals surface area contributed by atoms with Gasteiger partial charge in [-0.25, -0.2) is 6.57 Å². The van der Waals surface area contributed by atoms with Crippen LogP contribution in [0, 0.1) is 12.5 Å². The van der Waals surface area contributed by atoms with E-state index in [9.17, 15) is 0 Å². The molecule has 1 heterocycles. The molecule has 2 bridgehead atoms. The van der Waals surface area contributed by atoms with E-state index in [0.29, 0.717) is 12.0 Å². The number of nitrogens with zero attached hydrogens (tertiary/aromatic N) is 2. The van der Waals surface area contributed by atoms with Gasteiger partial charge in [0.2, 0.25) is 6.04 Å². The molecule has 3 nitrogen and oxygen atoms in total. The highest BCUT2D eigenvalue weighted by molar-refractivity contribution is 5.31. The van der Waals surface area contributed by atoms with E-state index in [-0.39, 0.29) is 6.04 Å². The van der Waals surface area contributed by atoms with Crippen molar-refractivity contribution < 1.29 is 4.74 Å². The summed E-state index contributed by atoms with van der Waals surface area (Å²) in [6, 6.07) is 19.9. The molecule has 2 fully saturated rings. The van der Waals surface area contributed by atoms with Crippen molar-refractivity contribution >= 4 is 0 Å². The van der Waals surface area contributed by atoms with E-state index in [1.165, 1.54) is 17.5 Å². The van der Waals surface area contributed by atoms with E-state index < -0.39 is 0 Å². The van der Waals surface area contributed by atoms with Crippen molar-refractivity contribution in [2.45, 2.75) is 31.3 Å². The molecule has 1 saturated carbocycles. The van der Waals surface area contributed by atoms with Crippen molar-refractivity contribution in [2.24, 2.45) is 5.92 Å². The predicted molar refractivity (Wildman–Crippen MR) is 99.7 cm³/mol. The third kappa shape index (κ3) is 3.70. The van der Waals surface area contributed by atoms with Crippen LogP contribution in [0.3, 0.4) is 0 Å². The molecule has 4 rings (SSSR count). The van der Waals surface area contributed by atoms with Crippen LogP contribution in [-0.4, -0.2) is 36.7 Å². The number of benzene rings is 2. The fourth-order valence-electron chi connectivity index (χ4n) is 4.27. The van der Waals surface area contributed by atoms with Crippen LogP contribution in [0.1, 0.15) is 24.0 Å². The van der Waals surface area contributed by atoms with Crippen LogP contribution in [0.15, 0.2) is 54.6 Å². The molecule has 25 heavy (non-hydrogen) atoms. The van der Waals surface area contributed by atoms with Gasteiger partial charge >= 0.3 is 0 Å². The average Bonchev–Trinajstić information content (AvgIpc) is 3.24. The summed E-state index contributed by atoms with van der Waals surface area (Å²) in [7, 11) is 0. The number of rotatable bonds is 6. The topological polar surface area (TPSA) is 16.8 Å². The van der Waals surface area contributed by atoms with Crippen LogP contribution in [0.4, 0.5) is 0 Å². The highest BCUT2D eigenvalue weighted by Gasteiger charge is 2.48. The molecule has 128 valence electrons. The molecule has 1 saturated heterocycles. The van der Waals surface area contributed by atoms with Crippen LogP contribution < -0.4 is 4.74 Å². The smallest absolute Gasteiger partial charge is 0.229 e. The number of ether oxygens (including phenoxy) is 1. The third-order valence-electron chi connectivity index (χ3n) is 5.61. The zero-order valence-electron chi connectivity index (χ0n) is 14.5. The average molecular weight is 332 g/mol. The van der Waals surface area contributed by atoms with Crippen LogP contribution in [-0.2, 0) is 6.42 Å². The Morgan fingerprint density at radius 2 is 1.76 bits per heavy atom. The molecule has 2 aliphatic rings. The van der Waals surface area contributed by atoms with Crippen molar-refractivity contribution in [2.75, 3.05) is 19.7 Å². The first-order chi connectivity index (χ1) is 12.3. The molecular formula is C22H24N2O. The largest absolute Gasteiger partial charge is 0.492 e. The van der Waals surface area contributed by atoms with E-state index in [1.807, 2.05) is 0 Å². The van der Waals surface area contributed by atoms with Crippen molar-refractivity contribution in [3.8, 4) is 5.75 Å². The Hall–Kier alpha value is -2.31. The first kappa shape index (κ1) is 16.2.